The molecule has 0 radical (unpaired) electrons. The zero-order valence-electron chi connectivity index (χ0n) is 9.57. The molecule has 0 unspecified atom stereocenters. The molecule has 2 aromatic heterocycles. The molecule has 2 N–H and O–H groups in total. The van der Waals surface area contributed by atoms with E-state index in [1.54, 1.807) is 6.20 Å². The van der Waals surface area contributed by atoms with Crippen LogP contribution in [0.3, 0.4) is 0 Å². The molecular formula is C14H13N3. The summed E-state index contributed by atoms with van der Waals surface area (Å²) in [6, 6.07) is 10.2. The molecule has 0 fully saturated rings. The van der Waals surface area contributed by atoms with Crippen molar-refractivity contribution in [1.82, 2.24) is 9.97 Å². The third kappa shape index (κ3) is 1.76. The fourth-order valence-electron chi connectivity index (χ4n) is 1.93. The molecule has 84 valence electrons. The lowest BCUT2D eigenvalue weighted by Gasteiger charge is -2.07. The van der Waals surface area contributed by atoms with E-state index in [1.807, 2.05) is 37.5 Å². The van der Waals surface area contributed by atoms with Gasteiger partial charge < -0.3 is 10.3 Å². The molecule has 0 saturated carbocycles. The maximum absolute atomic E-state index is 4.09. The molecule has 0 aliphatic heterocycles. The van der Waals surface area contributed by atoms with Gasteiger partial charge in [-0.3, -0.25) is 4.98 Å². The second-order valence-corrected chi connectivity index (χ2v) is 4.06. The Bertz CT molecular complexity index is 655. The SMILES string of the molecule is Cc1cnccc1Nc1c[nH]c2ccccc12. The van der Waals surface area contributed by atoms with Gasteiger partial charge in [-0.1, -0.05) is 18.2 Å². The lowest BCUT2D eigenvalue weighted by atomic mass is 10.2. The number of nitrogens with zero attached hydrogens (tertiary/aromatic N) is 1. The van der Waals surface area contributed by atoms with Crippen molar-refractivity contribution in [3.63, 3.8) is 0 Å². The van der Waals surface area contributed by atoms with E-state index < -0.39 is 0 Å². The summed E-state index contributed by atoms with van der Waals surface area (Å²) in [5, 5.41) is 4.62. The van der Waals surface area contributed by atoms with Crippen LogP contribution in [0.15, 0.2) is 48.9 Å². The number of anilines is 2. The van der Waals surface area contributed by atoms with Gasteiger partial charge in [0.15, 0.2) is 0 Å². The molecule has 0 atom stereocenters. The highest BCUT2D eigenvalue weighted by Gasteiger charge is 2.04. The zero-order chi connectivity index (χ0) is 11.7. The first kappa shape index (κ1) is 9.90. The van der Waals surface area contributed by atoms with Crippen molar-refractivity contribution in [3.8, 4) is 0 Å². The Balaban J connectivity index is 2.03. The first-order valence-electron chi connectivity index (χ1n) is 5.58. The monoisotopic (exact) mass is 223 g/mol. The molecule has 3 aromatic rings. The Hall–Kier alpha value is -2.29. The predicted octanol–water partition coefficient (Wildman–Crippen LogP) is 3.61. The van der Waals surface area contributed by atoms with Crippen LogP contribution in [0.25, 0.3) is 10.9 Å². The largest absolute Gasteiger partial charge is 0.359 e. The van der Waals surface area contributed by atoms with Crippen molar-refractivity contribution in [3.05, 3.63) is 54.5 Å². The number of para-hydroxylation sites is 1. The summed E-state index contributed by atoms with van der Waals surface area (Å²) in [6.07, 6.45) is 5.64. The Morgan fingerprint density at radius 3 is 2.88 bits per heavy atom. The molecule has 0 aliphatic carbocycles. The average Bonchev–Trinajstić information content (AvgIpc) is 2.76. The molecule has 2 heterocycles. The van der Waals surface area contributed by atoms with Crippen LogP contribution >= 0.6 is 0 Å². The van der Waals surface area contributed by atoms with E-state index in [4.69, 9.17) is 0 Å². The van der Waals surface area contributed by atoms with Gasteiger partial charge in [-0.15, -0.1) is 0 Å². The van der Waals surface area contributed by atoms with Gasteiger partial charge in [0.1, 0.15) is 0 Å². The summed E-state index contributed by atoms with van der Waals surface area (Å²) in [5.74, 6) is 0. The maximum atomic E-state index is 4.09. The number of benzene rings is 1. The van der Waals surface area contributed by atoms with Crippen LogP contribution in [0, 0.1) is 6.92 Å². The third-order valence-corrected chi connectivity index (χ3v) is 2.88. The summed E-state index contributed by atoms with van der Waals surface area (Å²) >= 11 is 0. The van der Waals surface area contributed by atoms with Crippen molar-refractivity contribution < 1.29 is 0 Å². The third-order valence-electron chi connectivity index (χ3n) is 2.88. The van der Waals surface area contributed by atoms with Gasteiger partial charge in [0.05, 0.1) is 5.69 Å². The first-order valence-corrected chi connectivity index (χ1v) is 5.58. The highest BCUT2D eigenvalue weighted by atomic mass is 14.9. The molecule has 17 heavy (non-hydrogen) atoms. The van der Waals surface area contributed by atoms with E-state index in [0.717, 1.165) is 22.5 Å². The zero-order valence-corrected chi connectivity index (χ0v) is 9.57. The van der Waals surface area contributed by atoms with Gasteiger partial charge in [0, 0.05) is 35.2 Å². The fourth-order valence-corrected chi connectivity index (χ4v) is 1.93. The number of aromatic amines is 1. The van der Waals surface area contributed by atoms with Crippen LogP contribution in [-0.2, 0) is 0 Å². The number of aryl methyl sites for hydroxylation is 1. The summed E-state index contributed by atoms with van der Waals surface area (Å²) < 4.78 is 0. The molecule has 0 aliphatic rings. The average molecular weight is 223 g/mol. The minimum atomic E-state index is 1.09. The molecule has 0 bridgehead atoms. The first-order chi connectivity index (χ1) is 8.34. The van der Waals surface area contributed by atoms with Gasteiger partial charge in [0.2, 0.25) is 0 Å². The number of hydrogen-bond donors (Lipinski definition) is 2. The molecule has 3 rings (SSSR count). The summed E-state index contributed by atoms with van der Waals surface area (Å²) in [6.45, 7) is 2.05. The molecule has 0 amide bonds. The van der Waals surface area contributed by atoms with Gasteiger partial charge in [-0.2, -0.15) is 0 Å². The number of hydrogen-bond acceptors (Lipinski definition) is 2. The highest BCUT2D eigenvalue weighted by Crippen LogP contribution is 2.26. The van der Waals surface area contributed by atoms with Crippen LogP contribution in [0.5, 0.6) is 0 Å². The molecule has 3 heteroatoms. The molecule has 0 saturated heterocycles. The van der Waals surface area contributed by atoms with E-state index in [1.165, 1.54) is 5.39 Å². The minimum Gasteiger partial charge on any atom is -0.359 e. The summed E-state index contributed by atoms with van der Waals surface area (Å²) in [5.41, 5.74) is 4.46. The Kier molecular flexibility index (Phi) is 2.29. The van der Waals surface area contributed by atoms with Gasteiger partial charge in [-0.05, 0) is 24.6 Å². The van der Waals surface area contributed by atoms with Crippen molar-refractivity contribution >= 4 is 22.3 Å². The van der Waals surface area contributed by atoms with Crippen LogP contribution in [-0.4, -0.2) is 9.97 Å². The maximum Gasteiger partial charge on any atom is 0.0642 e. The molecule has 0 spiro atoms. The minimum absolute atomic E-state index is 1.09. The van der Waals surface area contributed by atoms with E-state index >= 15 is 0 Å². The van der Waals surface area contributed by atoms with Gasteiger partial charge in [0.25, 0.3) is 0 Å². The number of nitrogens with one attached hydrogen (secondary N) is 2. The van der Waals surface area contributed by atoms with Crippen molar-refractivity contribution in [1.29, 1.82) is 0 Å². The fraction of sp³-hybridized carbons (Fsp3) is 0.0714. The standard InChI is InChI=1S/C14H13N3/c1-10-8-15-7-6-12(10)17-14-9-16-13-5-3-2-4-11(13)14/h2-9,16H,1H3,(H,15,17). The normalized spacial score (nSPS) is 10.6. The van der Waals surface area contributed by atoms with E-state index in [0.29, 0.717) is 0 Å². The summed E-state index contributed by atoms with van der Waals surface area (Å²) in [4.78, 5) is 7.34. The number of pyridine rings is 1. The summed E-state index contributed by atoms with van der Waals surface area (Å²) in [7, 11) is 0. The topological polar surface area (TPSA) is 40.7 Å². The van der Waals surface area contributed by atoms with Gasteiger partial charge in [-0.25, -0.2) is 0 Å². The van der Waals surface area contributed by atoms with Crippen molar-refractivity contribution in [2.45, 2.75) is 6.92 Å². The second-order valence-electron chi connectivity index (χ2n) is 4.06. The Morgan fingerprint density at radius 1 is 1.12 bits per heavy atom. The number of H-pyrrole nitrogens is 1. The smallest absolute Gasteiger partial charge is 0.0642 e. The van der Waals surface area contributed by atoms with E-state index in [9.17, 15) is 0 Å². The van der Waals surface area contributed by atoms with Crippen LogP contribution < -0.4 is 5.32 Å². The van der Waals surface area contributed by atoms with Crippen molar-refractivity contribution in [2.24, 2.45) is 0 Å². The van der Waals surface area contributed by atoms with Crippen LogP contribution in [0.2, 0.25) is 0 Å². The van der Waals surface area contributed by atoms with Crippen molar-refractivity contribution in [2.75, 3.05) is 5.32 Å². The van der Waals surface area contributed by atoms with Gasteiger partial charge >= 0.3 is 0 Å². The molecule has 1 aromatic carbocycles. The number of rotatable bonds is 2. The quantitative estimate of drug-likeness (QED) is 0.696. The molecule has 3 nitrogen and oxygen atoms in total. The second kappa shape index (κ2) is 3.94. The highest BCUT2D eigenvalue weighted by molar-refractivity contribution is 5.94. The number of aromatic nitrogens is 2. The van der Waals surface area contributed by atoms with Crippen LogP contribution in [0.1, 0.15) is 5.56 Å². The Labute approximate surface area is 99.5 Å². The Morgan fingerprint density at radius 2 is 2.00 bits per heavy atom. The van der Waals surface area contributed by atoms with E-state index in [-0.39, 0.29) is 0 Å². The van der Waals surface area contributed by atoms with E-state index in [2.05, 4.69) is 27.4 Å². The van der Waals surface area contributed by atoms with Crippen LogP contribution in [0.4, 0.5) is 11.4 Å². The lowest BCUT2D eigenvalue weighted by molar-refractivity contribution is 1.26. The lowest BCUT2D eigenvalue weighted by Crippen LogP contribution is -1.92. The predicted molar refractivity (Wildman–Crippen MR) is 70.6 cm³/mol. The molecular weight excluding hydrogens is 210 g/mol. The number of fused-ring (bicyclic) bond motifs is 1.